The zero-order chi connectivity index (χ0) is 15.9. The van der Waals surface area contributed by atoms with Crippen LogP contribution in [0.15, 0.2) is 24.3 Å². The molecule has 4 heteroatoms. The second-order valence-electron chi connectivity index (χ2n) is 6.14. The van der Waals surface area contributed by atoms with Crippen LogP contribution in [0.1, 0.15) is 39.7 Å². The largest absolute Gasteiger partial charge is 0.481 e. The average Bonchev–Trinajstić information content (AvgIpc) is 2.42. The minimum absolute atomic E-state index is 0.0226. The Kier molecular flexibility index (Phi) is 6.69. The van der Waals surface area contributed by atoms with Gasteiger partial charge in [-0.1, -0.05) is 39.0 Å². The van der Waals surface area contributed by atoms with E-state index in [-0.39, 0.29) is 11.3 Å². The standard InChI is InChI=1S/C17H27NO3/c1-13(16(19)18-11-8-12-20-5)21-15-10-7-6-9-14(15)17(2,3)4/h6-7,9-10,13H,8,11-12H2,1-5H3,(H,18,19). The molecule has 0 heterocycles. The van der Waals surface area contributed by atoms with Gasteiger partial charge in [-0.3, -0.25) is 4.79 Å². The van der Waals surface area contributed by atoms with Gasteiger partial charge in [0.05, 0.1) is 0 Å². The summed E-state index contributed by atoms with van der Waals surface area (Å²) in [5, 5.41) is 2.85. The summed E-state index contributed by atoms with van der Waals surface area (Å²) in [7, 11) is 1.65. The molecule has 1 aromatic rings. The molecule has 0 fully saturated rings. The van der Waals surface area contributed by atoms with Gasteiger partial charge in [0.2, 0.25) is 0 Å². The number of amides is 1. The fraction of sp³-hybridized carbons (Fsp3) is 0.588. The van der Waals surface area contributed by atoms with Crippen LogP contribution in [0.25, 0.3) is 0 Å². The molecule has 0 saturated carbocycles. The van der Waals surface area contributed by atoms with Crippen LogP contribution in [0.3, 0.4) is 0 Å². The minimum atomic E-state index is -0.518. The van der Waals surface area contributed by atoms with Crippen molar-refractivity contribution >= 4 is 5.91 Å². The number of carbonyl (C=O) groups is 1. The normalized spacial score (nSPS) is 12.8. The van der Waals surface area contributed by atoms with E-state index >= 15 is 0 Å². The van der Waals surface area contributed by atoms with Gasteiger partial charge in [-0.05, 0) is 30.4 Å². The molecule has 0 saturated heterocycles. The number of nitrogens with one attached hydrogen (secondary N) is 1. The lowest BCUT2D eigenvalue weighted by Gasteiger charge is -2.24. The Hall–Kier alpha value is -1.55. The van der Waals surface area contributed by atoms with Crippen LogP contribution in [-0.4, -0.2) is 32.3 Å². The van der Waals surface area contributed by atoms with Crippen LogP contribution < -0.4 is 10.1 Å². The number of hydrogen-bond acceptors (Lipinski definition) is 3. The van der Waals surface area contributed by atoms with Crippen LogP contribution >= 0.6 is 0 Å². The minimum Gasteiger partial charge on any atom is -0.481 e. The lowest BCUT2D eigenvalue weighted by atomic mass is 9.86. The molecule has 1 unspecified atom stereocenters. The Morgan fingerprint density at radius 3 is 2.57 bits per heavy atom. The number of hydrogen-bond donors (Lipinski definition) is 1. The van der Waals surface area contributed by atoms with Crippen LogP contribution in [-0.2, 0) is 14.9 Å². The van der Waals surface area contributed by atoms with E-state index in [1.54, 1.807) is 14.0 Å². The molecule has 0 spiro atoms. The zero-order valence-corrected chi connectivity index (χ0v) is 13.7. The molecule has 4 nitrogen and oxygen atoms in total. The maximum atomic E-state index is 12.0. The van der Waals surface area contributed by atoms with Crippen LogP contribution in [0.4, 0.5) is 0 Å². The van der Waals surface area contributed by atoms with E-state index in [1.165, 1.54) is 0 Å². The van der Waals surface area contributed by atoms with Crippen molar-refractivity contribution in [2.24, 2.45) is 0 Å². The summed E-state index contributed by atoms with van der Waals surface area (Å²) < 4.78 is 10.8. The molecular formula is C17H27NO3. The van der Waals surface area contributed by atoms with E-state index in [0.717, 1.165) is 17.7 Å². The van der Waals surface area contributed by atoms with Crippen molar-refractivity contribution in [3.8, 4) is 5.75 Å². The van der Waals surface area contributed by atoms with Gasteiger partial charge >= 0.3 is 0 Å². The maximum Gasteiger partial charge on any atom is 0.260 e. The molecule has 0 aliphatic carbocycles. The van der Waals surface area contributed by atoms with Crippen molar-refractivity contribution in [1.82, 2.24) is 5.32 Å². The SMILES string of the molecule is COCCCNC(=O)C(C)Oc1ccccc1C(C)(C)C. The van der Waals surface area contributed by atoms with Gasteiger partial charge in [0, 0.05) is 20.3 Å². The first-order chi connectivity index (χ1) is 9.86. The Morgan fingerprint density at radius 2 is 1.95 bits per heavy atom. The van der Waals surface area contributed by atoms with E-state index in [0.29, 0.717) is 13.2 Å². The molecule has 1 aromatic carbocycles. The van der Waals surface area contributed by atoms with Gasteiger partial charge in [0.15, 0.2) is 6.10 Å². The lowest BCUT2D eigenvalue weighted by Crippen LogP contribution is -2.37. The highest BCUT2D eigenvalue weighted by atomic mass is 16.5. The predicted molar refractivity (Wildman–Crippen MR) is 84.7 cm³/mol. The smallest absolute Gasteiger partial charge is 0.260 e. The summed E-state index contributed by atoms with van der Waals surface area (Å²) in [6.45, 7) is 9.40. The van der Waals surface area contributed by atoms with Gasteiger partial charge in [-0.25, -0.2) is 0 Å². The molecular weight excluding hydrogens is 266 g/mol. The monoisotopic (exact) mass is 293 g/mol. The Balaban J connectivity index is 2.62. The van der Waals surface area contributed by atoms with E-state index in [4.69, 9.17) is 9.47 Å². The summed E-state index contributed by atoms with van der Waals surface area (Å²) >= 11 is 0. The molecule has 0 aliphatic heterocycles. The maximum absolute atomic E-state index is 12.0. The third kappa shape index (κ3) is 5.76. The average molecular weight is 293 g/mol. The van der Waals surface area contributed by atoms with Crippen molar-refractivity contribution in [2.45, 2.75) is 45.6 Å². The third-order valence-corrected chi connectivity index (χ3v) is 3.19. The van der Waals surface area contributed by atoms with Gasteiger partial charge < -0.3 is 14.8 Å². The number of para-hydroxylation sites is 1. The number of rotatable bonds is 7. The highest BCUT2D eigenvalue weighted by molar-refractivity contribution is 5.80. The Bertz CT molecular complexity index is 452. The molecule has 0 aliphatic rings. The second-order valence-corrected chi connectivity index (χ2v) is 6.14. The summed E-state index contributed by atoms with van der Waals surface area (Å²) in [5.41, 5.74) is 1.08. The highest BCUT2D eigenvalue weighted by Gasteiger charge is 2.21. The molecule has 21 heavy (non-hydrogen) atoms. The first kappa shape index (κ1) is 17.5. The first-order valence-electron chi connectivity index (χ1n) is 7.39. The molecule has 118 valence electrons. The van der Waals surface area contributed by atoms with E-state index in [9.17, 15) is 4.79 Å². The molecule has 0 radical (unpaired) electrons. The number of methoxy groups -OCH3 is 1. The second kappa shape index (κ2) is 8.03. The fourth-order valence-electron chi connectivity index (χ4n) is 2.00. The van der Waals surface area contributed by atoms with E-state index < -0.39 is 6.10 Å². The third-order valence-electron chi connectivity index (χ3n) is 3.19. The fourth-order valence-corrected chi connectivity index (χ4v) is 2.00. The lowest BCUT2D eigenvalue weighted by molar-refractivity contribution is -0.127. The van der Waals surface area contributed by atoms with Gasteiger partial charge in [0.1, 0.15) is 5.75 Å². The summed E-state index contributed by atoms with van der Waals surface area (Å²) in [5.74, 6) is 0.666. The molecule has 0 aromatic heterocycles. The number of benzene rings is 1. The Labute approximate surface area is 127 Å². The van der Waals surface area contributed by atoms with Crippen LogP contribution in [0.2, 0.25) is 0 Å². The number of ether oxygens (including phenoxy) is 2. The summed E-state index contributed by atoms with van der Waals surface area (Å²) in [6, 6.07) is 7.87. The van der Waals surface area contributed by atoms with Gasteiger partial charge in [-0.15, -0.1) is 0 Å². The van der Waals surface area contributed by atoms with Crippen LogP contribution in [0.5, 0.6) is 5.75 Å². The molecule has 1 atom stereocenters. The van der Waals surface area contributed by atoms with Crippen molar-refractivity contribution < 1.29 is 14.3 Å². The van der Waals surface area contributed by atoms with E-state index in [1.807, 2.05) is 24.3 Å². The summed E-state index contributed by atoms with van der Waals surface area (Å²) in [4.78, 5) is 12.0. The Morgan fingerprint density at radius 1 is 1.29 bits per heavy atom. The van der Waals surface area contributed by atoms with Crippen molar-refractivity contribution in [2.75, 3.05) is 20.3 Å². The van der Waals surface area contributed by atoms with Crippen LogP contribution in [0, 0.1) is 0 Å². The quantitative estimate of drug-likeness (QED) is 0.786. The predicted octanol–water partition coefficient (Wildman–Crippen LogP) is 2.90. The molecule has 1 N–H and O–H groups in total. The van der Waals surface area contributed by atoms with Crippen molar-refractivity contribution in [1.29, 1.82) is 0 Å². The first-order valence-corrected chi connectivity index (χ1v) is 7.39. The summed E-state index contributed by atoms with van der Waals surface area (Å²) in [6.07, 6.45) is 0.282. The van der Waals surface area contributed by atoms with Crippen molar-refractivity contribution in [3.05, 3.63) is 29.8 Å². The van der Waals surface area contributed by atoms with Crippen molar-refractivity contribution in [3.63, 3.8) is 0 Å². The number of carbonyl (C=O) groups excluding carboxylic acids is 1. The molecule has 1 rings (SSSR count). The van der Waals surface area contributed by atoms with Gasteiger partial charge in [-0.2, -0.15) is 0 Å². The zero-order valence-electron chi connectivity index (χ0n) is 13.7. The topological polar surface area (TPSA) is 47.6 Å². The van der Waals surface area contributed by atoms with E-state index in [2.05, 4.69) is 26.1 Å². The molecule has 0 bridgehead atoms. The van der Waals surface area contributed by atoms with Gasteiger partial charge in [0.25, 0.3) is 5.91 Å². The highest BCUT2D eigenvalue weighted by Crippen LogP contribution is 2.31. The molecule has 1 amide bonds.